The van der Waals surface area contributed by atoms with Gasteiger partial charge < -0.3 is 19.8 Å². The van der Waals surface area contributed by atoms with Gasteiger partial charge in [-0.15, -0.1) is 0 Å². The van der Waals surface area contributed by atoms with E-state index in [0.29, 0.717) is 18.0 Å². The van der Waals surface area contributed by atoms with Crippen LogP contribution in [0.2, 0.25) is 0 Å². The molecule has 0 radical (unpaired) electrons. The Hall–Kier alpha value is -2.43. The lowest BCUT2D eigenvalue weighted by Gasteiger charge is -2.18. The van der Waals surface area contributed by atoms with Crippen molar-refractivity contribution in [2.45, 2.75) is 13.5 Å². The SMILES string of the molecule is Cc1ccoc1CNc1ccc2c(c1)NC(=O)CO2. The van der Waals surface area contributed by atoms with E-state index in [1.54, 1.807) is 6.26 Å². The van der Waals surface area contributed by atoms with Crippen molar-refractivity contribution in [3.63, 3.8) is 0 Å². The van der Waals surface area contributed by atoms with E-state index in [1.807, 2.05) is 31.2 Å². The second-order valence-electron chi connectivity index (χ2n) is 4.43. The number of amides is 1. The van der Waals surface area contributed by atoms with Gasteiger partial charge in [-0.2, -0.15) is 0 Å². The molecule has 2 N–H and O–H groups in total. The summed E-state index contributed by atoms with van der Waals surface area (Å²) >= 11 is 0. The molecule has 0 spiro atoms. The van der Waals surface area contributed by atoms with Gasteiger partial charge in [0, 0.05) is 5.69 Å². The Kier molecular flexibility index (Phi) is 2.87. The summed E-state index contributed by atoms with van der Waals surface area (Å²) in [5.41, 5.74) is 2.71. The standard InChI is InChI=1S/C14H14N2O3/c1-9-4-5-18-13(9)7-15-10-2-3-12-11(6-10)16-14(17)8-19-12/h2-6,15H,7-8H2,1H3,(H,16,17). The number of anilines is 2. The zero-order valence-electron chi connectivity index (χ0n) is 10.5. The molecular formula is C14H14N2O3. The van der Waals surface area contributed by atoms with Crippen LogP contribution in [0.4, 0.5) is 11.4 Å². The van der Waals surface area contributed by atoms with Gasteiger partial charge in [-0.1, -0.05) is 0 Å². The van der Waals surface area contributed by atoms with Crippen LogP contribution in [-0.2, 0) is 11.3 Å². The molecule has 98 valence electrons. The monoisotopic (exact) mass is 258 g/mol. The highest BCUT2D eigenvalue weighted by Crippen LogP contribution is 2.30. The smallest absolute Gasteiger partial charge is 0.262 e. The summed E-state index contributed by atoms with van der Waals surface area (Å²) in [5.74, 6) is 1.46. The number of carbonyl (C=O) groups excluding carboxylic acids is 1. The van der Waals surface area contributed by atoms with Crippen LogP contribution in [0, 0.1) is 6.92 Å². The summed E-state index contributed by atoms with van der Waals surface area (Å²) in [4.78, 5) is 11.3. The van der Waals surface area contributed by atoms with Gasteiger partial charge in [0.25, 0.3) is 5.91 Å². The number of carbonyl (C=O) groups is 1. The topological polar surface area (TPSA) is 63.5 Å². The number of fused-ring (bicyclic) bond motifs is 1. The van der Waals surface area contributed by atoms with Crippen LogP contribution in [0.15, 0.2) is 34.9 Å². The highest BCUT2D eigenvalue weighted by molar-refractivity contribution is 5.96. The van der Waals surface area contributed by atoms with Gasteiger partial charge in [0.1, 0.15) is 11.5 Å². The highest BCUT2D eigenvalue weighted by atomic mass is 16.5. The Morgan fingerprint density at radius 1 is 1.37 bits per heavy atom. The molecule has 1 aromatic carbocycles. The van der Waals surface area contributed by atoms with Gasteiger partial charge in [0.15, 0.2) is 6.61 Å². The number of ether oxygens (including phenoxy) is 1. The molecule has 3 rings (SSSR count). The van der Waals surface area contributed by atoms with Gasteiger partial charge in [-0.05, 0) is 36.8 Å². The first-order valence-corrected chi connectivity index (χ1v) is 6.06. The molecule has 2 aromatic rings. The molecule has 0 aliphatic carbocycles. The third kappa shape index (κ3) is 2.40. The van der Waals surface area contributed by atoms with Gasteiger partial charge >= 0.3 is 0 Å². The van der Waals surface area contributed by atoms with E-state index in [9.17, 15) is 4.79 Å². The molecule has 2 heterocycles. The lowest BCUT2D eigenvalue weighted by atomic mass is 10.2. The molecule has 1 amide bonds. The van der Waals surface area contributed by atoms with Crippen LogP contribution in [0.5, 0.6) is 5.75 Å². The molecule has 0 saturated heterocycles. The van der Waals surface area contributed by atoms with Crippen molar-refractivity contribution < 1.29 is 13.9 Å². The quantitative estimate of drug-likeness (QED) is 0.888. The van der Waals surface area contributed by atoms with Crippen molar-refractivity contribution in [2.75, 3.05) is 17.2 Å². The first kappa shape index (κ1) is 11.6. The molecule has 0 unspecified atom stereocenters. The van der Waals surface area contributed by atoms with E-state index in [4.69, 9.17) is 9.15 Å². The van der Waals surface area contributed by atoms with Gasteiger partial charge in [-0.25, -0.2) is 0 Å². The summed E-state index contributed by atoms with van der Waals surface area (Å²) < 4.78 is 10.7. The van der Waals surface area contributed by atoms with Crippen LogP contribution in [0.25, 0.3) is 0 Å². The van der Waals surface area contributed by atoms with Crippen molar-refractivity contribution >= 4 is 17.3 Å². The molecule has 1 aromatic heterocycles. The molecule has 0 saturated carbocycles. The van der Waals surface area contributed by atoms with Crippen molar-refractivity contribution in [2.24, 2.45) is 0 Å². The minimum atomic E-state index is -0.133. The van der Waals surface area contributed by atoms with Crippen LogP contribution in [-0.4, -0.2) is 12.5 Å². The van der Waals surface area contributed by atoms with E-state index in [0.717, 1.165) is 17.0 Å². The second-order valence-corrected chi connectivity index (χ2v) is 4.43. The van der Waals surface area contributed by atoms with Crippen molar-refractivity contribution in [3.05, 3.63) is 41.9 Å². The number of nitrogens with one attached hydrogen (secondary N) is 2. The number of hydrogen-bond acceptors (Lipinski definition) is 4. The second kappa shape index (κ2) is 4.68. The van der Waals surface area contributed by atoms with Crippen LogP contribution < -0.4 is 15.4 Å². The van der Waals surface area contributed by atoms with E-state index in [1.165, 1.54) is 0 Å². The molecule has 1 aliphatic heterocycles. The Morgan fingerprint density at radius 3 is 3.05 bits per heavy atom. The summed E-state index contributed by atoms with van der Waals surface area (Å²) in [7, 11) is 0. The summed E-state index contributed by atoms with van der Waals surface area (Å²) in [5, 5.41) is 6.03. The van der Waals surface area contributed by atoms with Gasteiger partial charge in [-0.3, -0.25) is 4.79 Å². The number of hydrogen-bond donors (Lipinski definition) is 2. The van der Waals surface area contributed by atoms with Crippen LogP contribution in [0.3, 0.4) is 0 Å². The largest absolute Gasteiger partial charge is 0.482 e. The molecular weight excluding hydrogens is 244 g/mol. The molecule has 0 fully saturated rings. The maximum Gasteiger partial charge on any atom is 0.262 e. The summed E-state index contributed by atoms with van der Waals surface area (Å²) in [6, 6.07) is 7.53. The van der Waals surface area contributed by atoms with E-state index in [2.05, 4.69) is 10.6 Å². The Morgan fingerprint density at radius 2 is 2.26 bits per heavy atom. The fourth-order valence-electron chi connectivity index (χ4n) is 1.96. The minimum Gasteiger partial charge on any atom is -0.482 e. The van der Waals surface area contributed by atoms with Gasteiger partial charge in [0.2, 0.25) is 0 Å². The summed E-state index contributed by atoms with van der Waals surface area (Å²) in [6.45, 7) is 2.68. The van der Waals surface area contributed by atoms with Crippen molar-refractivity contribution in [1.82, 2.24) is 0 Å². The fraction of sp³-hybridized carbons (Fsp3) is 0.214. The Balaban J connectivity index is 1.74. The maximum absolute atomic E-state index is 11.3. The summed E-state index contributed by atoms with van der Waals surface area (Å²) in [6.07, 6.45) is 1.67. The third-order valence-electron chi connectivity index (χ3n) is 3.03. The average molecular weight is 258 g/mol. The number of benzene rings is 1. The number of furan rings is 1. The van der Waals surface area contributed by atoms with E-state index < -0.39 is 0 Å². The predicted octanol–water partition coefficient (Wildman–Crippen LogP) is 2.53. The molecule has 0 bridgehead atoms. The third-order valence-corrected chi connectivity index (χ3v) is 3.03. The minimum absolute atomic E-state index is 0.0748. The number of rotatable bonds is 3. The molecule has 5 heteroatoms. The predicted molar refractivity (Wildman–Crippen MR) is 71.3 cm³/mol. The first-order chi connectivity index (χ1) is 9.22. The van der Waals surface area contributed by atoms with Crippen molar-refractivity contribution in [3.8, 4) is 5.75 Å². The molecule has 19 heavy (non-hydrogen) atoms. The molecule has 0 atom stereocenters. The van der Waals surface area contributed by atoms with Gasteiger partial charge in [0.05, 0.1) is 18.5 Å². The Bertz CT molecular complexity index is 619. The zero-order valence-corrected chi connectivity index (χ0v) is 10.5. The fourth-order valence-corrected chi connectivity index (χ4v) is 1.96. The Labute approximate surface area is 110 Å². The van der Waals surface area contributed by atoms with Crippen LogP contribution in [0.1, 0.15) is 11.3 Å². The lowest BCUT2D eigenvalue weighted by molar-refractivity contribution is -0.118. The van der Waals surface area contributed by atoms with Crippen LogP contribution >= 0.6 is 0 Å². The molecule has 1 aliphatic rings. The average Bonchev–Trinajstić information content (AvgIpc) is 2.81. The van der Waals surface area contributed by atoms with E-state index in [-0.39, 0.29) is 12.5 Å². The highest BCUT2D eigenvalue weighted by Gasteiger charge is 2.15. The van der Waals surface area contributed by atoms with E-state index >= 15 is 0 Å². The maximum atomic E-state index is 11.3. The van der Waals surface area contributed by atoms with Crippen molar-refractivity contribution in [1.29, 1.82) is 0 Å². The zero-order chi connectivity index (χ0) is 13.2. The number of aryl methyl sites for hydroxylation is 1. The normalized spacial score (nSPS) is 13.4. The lowest BCUT2D eigenvalue weighted by Crippen LogP contribution is -2.25. The molecule has 5 nitrogen and oxygen atoms in total. The first-order valence-electron chi connectivity index (χ1n) is 6.06.